The normalized spacial score (nSPS) is 11.9. The van der Waals surface area contributed by atoms with Crippen molar-refractivity contribution in [3.05, 3.63) is 59.5 Å². The predicted octanol–water partition coefficient (Wildman–Crippen LogP) is 2.83. The predicted molar refractivity (Wildman–Crippen MR) is 100 cm³/mol. The molecule has 0 fully saturated rings. The zero-order chi connectivity index (χ0) is 18.5. The molecule has 3 aromatic rings. The molecule has 132 valence electrons. The van der Waals surface area contributed by atoms with Crippen LogP contribution in [0.5, 0.6) is 0 Å². The minimum Gasteiger partial charge on any atom is -0.315 e. The molecule has 26 heavy (non-hydrogen) atoms. The summed E-state index contributed by atoms with van der Waals surface area (Å²) in [6, 6.07) is 11.8. The van der Waals surface area contributed by atoms with E-state index in [0.717, 1.165) is 11.3 Å². The molecule has 0 aliphatic carbocycles. The number of nitrogens with one attached hydrogen (secondary N) is 1. The van der Waals surface area contributed by atoms with Gasteiger partial charge in [0.1, 0.15) is 23.7 Å². The number of hydrogen-bond acceptors (Lipinski definition) is 6. The monoisotopic (exact) mass is 366 g/mol. The van der Waals surface area contributed by atoms with Crippen LogP contribution in [0.1, 0.15) is 24.1 Å². The van der Waals surface area contributed by atoms with Crippen LogP contribution in [0.4, 0.5) is 5.00 Å². The molecule has 1 N–H and O–H groups in total. The quantitative estimate of drug-likeness (QED) is 0.725. The van der Waals surface area contributed by atoms with Crippen molar-refractivity contribution in [1.29, 1.82) is 5.26 Å². The number of aromatic nitrogens is 3. The number of anilines is 1. The summed E-state index contributed by atoms with van der Waals surface area (Å²) >= 11 is 1.35. The fraction of sp³-hybridized carbons (Fsp3) is 0.222. The molecule has 2 heterocycles. The zero-order valence-corrected chi connectivity index (χ0v) is 15.3. The molecular formula is C18H18N6OS. The van der Waals surface area contributed by atoms with Crippen molar-refractivity contribution >= 4 is 22.2 Å². The lowest BCUT2D eigenvalue weighted by atomic mass is 10.1. The molecule has 7 nitrogen and oxygen atoms in total. The zero-order valence-electron chi connectivity index (χ0n) is 14.5. The van der Waals surface area contributed by atoms with Gasteiger partial charge in [0.05, 0.1) is 17.8 Å². The Morgan fingerprint density at radius 3 is 2.81 bits per heavy atom. The van der Waals surface area contributed by atoms with Gasteiger partial charge in [-0.05, 0) is 43.1 Å². The van der Waals surface area contributed by atoms with E-state index in [-0.39, 0.29) is 18.5 Å². The number of hydrogen-bond donors (Lipinski definition) is 1. The third-order valence-corrected chi connectivity index (χ3v) is 4.98. The molecule has 0 aliphatic rings. The average Bonchev–Trinajstić information content (AvgIpc) is 3.32. The summed E-state index contributed by atoms with van der Waals surface area (Å²) in [6.07, 6.45) is 3.14. The fourth-order valence-corrected chi connectivity index (χ4v) is 3.28. The first-order valence-corrected chi connectivity index (χ1v) is 8.89. The van der Waals surface area contributed by atoms with Crippen LogP contribution >= 0.6 is 11.3 Å². The third-order valence-electron chi connectivity index (χ3n) is 4.15. The van der Waals surface area contributed by atoms with Gasteiger partial charge in [-0.2, -0.15) is 10.4 Å². The molecule has 2 aromatic heterocycles. The summed E-state index contributed by atoms with van der Waals surface area (Å²) in [5, 5.41) is 18.3. The van der Waals surface area contributed by atoms with Crippen LogP contribution in [0.15, 0.2) is 48.4 Å². The number of amides is 1. The highest BCUT2D eigenvalue weighted by Gasteiger charge is 2.16. The van der Waals surface area contributed by atoms with Crippen LogP contribution < -0.4 is 5.32 Å². The molecule has 8 heteroatoms. The summed E-state index contributed by atoms with van der Waals surface area (Å²) in [6.45, 7) is 2.28. The summed E-state index contributed by atoms with van der Waals surface area (Å²) in [7, 11) is 1.90. The average molecular weight is 366 g/mol. The number of thiophene rings is 1. The molecule has 3 rings (SSSR count). The van der Waals surface area contributed by atoms with E-state index in [1.807, 2.05) is 43.1 Å². The van der Waals surface area contributed by atoms with E-state index in [0.29, 0.717) is 10.6 Å². The smallest absolute Gasteiger partial charge is 0.239 e. The van der Waals surface area contributed by atoms with Gasteiger partial charge in [0.25, 0.3) is 0 Å². The van der Waals surface area contributed by atoms with Gasteiger partial charge >= 0.3 is 0 Å². The molecule has 1 atom stereocenters. The summed E-state index contributed by atoms with van der Waals surface area (Å²) in [4.78, 5) is 18.2. The Balaban J connectivity index is 1.61. The first-order chi connectivity index (χ1) is 12.6. The number of rotatable bonds is 6. The van der Waals surface area contributed by atoms with E-state index in [1.165, 1.54) is 17.7 Å². The Hall–Kier alpha value is -3.02. The molecule has 0 spiro atoms. The van der Waals surface area contributed by atoms with Crippen LogP contribution in [0, 0.1) is 11.3 Å². The van der Waals surface area contributed by atoms with Crippen LogP contribution in [-0.2, 0) is 4.79 Å². The third kappa shape index (κ3) is 3.96. The molecule has 0 saturated heterocycles. The van der Waals surface area contributed by atoms with Gasteiger partial charge in [-0.25, -0.2) is 9.67 Å². The van der Waals surface area contributed by atoms with Crippen molar-refractivity contribution in [2.75, 3.05) is 18.9 Å². The minimum atomic E-state index is -0.141. The van der Waals surface area contributed by atoms with E-state index in [4.69, 9.17) is 5.26 Å². The van der Waals surface area contributed by atoms with Gasteiger partial charge in [-0.3, -0.25) is 9.69 Å². The molecule has 0 radical (unpaired) electrons. The standard InChI is InChI=1S/C18H18N6OS/c1-13(14-3-5-16(6-4-14)24-12-20-11-21-24)23(2)10-17(25)22-18-15(9-19)7-8-26-18/h3-8,11-13H,10H2,1-2H3,(H,22,25)/t13-/m0/s1. The summed E-state index contributed by atoms with van der Waals surface area (Å²) in [5.74, 6) is -0.141. The number of nitrogens with zero attached hydrogens (tertiary/aromatic N) is 5. The van der Waals surface area contributed by atoms with Crippen LogP contribution in [0.2, 0.25) is 0 Å². The first kappa shape index (κ1) is 17.8. The molecule has 0 unspecified atom stereocenters. The Morgan fingerprint density at radius 2 is 2.15 bits per heavy atom. The Labute approximate surface area is 155 Å². The second kappa shape index (κ2) is 7.91. The number of nitriles is 1. The minimum absolute atomic E-state index is 0.0596. The topological polar surface area (TPSA) is 86.8 Å². The van der Waals surface area contributed by atoms with Gasteiger partial charge < -0.3 is 5.32 Å². The van der Waals surface area contributed by atoms with Gasteiger partial charge in [0, 0.05) is 6.04 Å². The lowest BCUT2D eigenvalue weighted by Gasteiger charge is -2.24. The summed E-state index contributed by atoms with van der Waals surface area (Å²) in [5.41, 5.74) is 2.52. The molecule has 0 bridgehead atoms. The van der Waals surface area contributed by atoms with Crippen LogP contribution in [0.3, 0.4) is 0 Å². The Kier molecular flexibility index (Phi) is 5.41. The van der Waals surface area contributed by atoms with Gasteiger partial charge in [0.15, 0.2) is 0 Å². The fourth-order valence-electron chi connectivity index (χ4n) is 2.53. The summed E-state index contributed by atoms with van der Waals surface area (Å²) < 4.78 is 1.69. The first-order valence-electron chi connectivity index (χ1n) is 8.01. The number of likely N-dealkylation sites (N-methyl/N-ethyl adjacent to an activating group) is 1. The van der Waals surface area contributed by atoms with Crippen molar-refractivity contribution in [1.82, 2.24) is 19.7 Å². The van der Waals surface area contributed by atoms with Gasteiger partial charge in [-0.1, -0.05) is 12.1 Å². The van der Waals surface area contributed by atoms with Crippen molar-refractivity contribution in [2.24, 2.45) is 0 Å². The lowest BCUT2D eigenvalue weighted by Crippen LogP contribution is -2.32. The molecule has 1 amide bonds. The van der Waals surface area contributed by atoms with E-state index in [2.05, 4.69) is 21.5 Å². The second-order valence-electron chi connectivity index (χ2n) is 5.85. The van der Waals surface area contributed by atoms with Crippen molar-refractivity contribution < 1.29 is 4.79 Å². The second-order valence-corrected chi connectivity index (χ2v) is 6.76. The van der Waals surface area contributed by atoms with Gasteiger partial charge in [0.2, 0.25) is 5.91 Å². The van der Waals surface area contributed by atoms with Crippen LogP contribution in [0.25, 0.3) is 5.69 Å². The van der Waals surface area contributed by atoms with Crippen LogP contribution in [-0.4, -0.2) is 39.2 Å². The lowest BCUT2D eigenvalue weighted by molar-refractivity contribution is -0.117. The number of benzene rings is 1. The van der Waals surface area contributed by atoms with Gasteiger partial charge in [-0.15, -0.1) is 11.3 Å². The SMILES string of the molecule is C[C@@H](c1ccc(-n2cncn2)cc1)N(C)CC(=O)Nc1sccc1C#N. The molecular weight excluding hydrogens is 348 g/mol. The van der Waals surface area contributed by atoms with E-state index in [9.17, 15) is 4.79 Å². The number of carbonyl (C=O) groups excluding carboxylic acids is 1. The van der Waals surface area contributed by atoms with E-state index >= 15 is 0 Å². The maximum absolute atomic E-state index is 12.3. The number of carbonyl (C=O) groups is 1. The molecule has 1 aromatic carbocycles. The molecule has 0 saturated carbocycles. The largest absolute Gasteiger partial charge is 0.315 e. The highest BCUT2D eigenvalue weighted by molar-refractivity contribution is 7.14. The van der Waals surface area contributed by atoms with E-state index < -0.39 is 0 Å². The molecule has 0 aliphatic heterocycles. The van der Waals surface area contributed by atoms with Crippen molar-refractivity contribution in [2.45, 2.75) is 13.0 Å². The van der Waals surface area contributed by atoms with Crippen molar-refractivity contribution in [3.8, 4) is 11.8 Å². The highest BCUT2D eigenvalue weighted by Crippen LogP contribution is 2.23. The maximum Gasteiger partial charge on any atom is 0.239 e. The Morgan fingerprint density at radius 1 is 1.38 bits per heavy atom. The Bertz CT molecular complexity index is 910. The highest BCUT2D eigenvalue weighted by atomic mass is 32.1. The van der Waals surface area contributed by atoms with Crippen molar-refractivity contribution in [3.63, 3.8) is 0 Å². The maximum atomic E-state index is 12.3. The van der Waals surface area contributed by atoms with E-state index in [1.54, 1.807) is 22.5 Å².